The van der Waals surface area contributed by atoms with Crippen LogP contribution in [0.3, 0.4) is 0 Å². The molecule has 106 valence electrons. The monoisotopic (exact) mass is 269 g/mol. The zero-order chi connectivity index (χ0) is 14.2. The van der Waals surface area contributed by atoms with E-state index in [2.05, 4.69) is 53.3 Å². The first-order chi connectivity index (χ1) is 9.81. The predicted molar refractivity (Wildman–Crippen MR) is 84.6 cm³/mol. The molecule has 0 aliphatic carbocycles. The molecule has 20 heavy (non-hydrogen) atoms. The van der Waals surface area contributed by atoms with Crippen LogP contribution in [0.15, 0.2) is 48.7 Å². The molecule has 0 fully saturated rings. The van der Waals surface area contributed by atoms with E-state index in [-0.39, 0.29) is 0 Å². The first-order valence-corrected chi connectivity index (χ1v) is 7.27. The normalized spacial score (nSPS) is 10.8. The molecule has 1 N–H and O–H groups in total. The van der Waals surface area contributed by atoms with Gasteiger partial charge in [-0.2, -0.15) is 0 Å². The van der Waals surface area contributed by atoms with Crippen LogP contribution in [-0.2, 0) is 13.1 Å². The van der Waals surface area contributed by atoms with Crippen LogP contribution in [0.5, 0.6) is 0 Å². The summed E-state index contributed by atoms with van der Waals surface area (Å²) in [5, 5.41) is 3.43. The third-order valence-corrected chi connectivity index (χ3v) is 3.43. The van der Waals surface area contributed by atoms with Gasteiger partial charge in [0.2, 0.25) is 0 Å². The number of hydrogen-bond donors (Lipinski definition) is 1. The van der Waals surface area contributed by atoms with E-state index in [1.165, 1.54) is 5.56 Å². The molecule has 0 amide bonds. The lowest BCUT2D eigenvalue weighted by Gasteiger charge is -2.18. The van der Waals surface area contributed by atoms with Crippen LogP contribution >= 0.6 is 0 Å². The minimum Gasteiger partial charge on any atom is -0.379 e. The topological polar surface area (TPSA) is 28.2 Å². The van der Waals surface area contributed by atoms with Gasteiger partial charge in [0.15, 0.2) is 0 Å². The second-order valence-electron chi connectivity index (χ2n) is 4.84. The zero-order valence-electron chi connectivity index (χ0n) is 12.3. The number of nitrogens with zero attached hydrogens (tertiary/aromatic N) is 2. The fraction of sp³-hybridized carbons (Fsp3) is 0.353. The van der Waals surface area contributed by atoms with Gasteiger partial charge >= 0.3 is 0 Å². The van der Waals surface area contributed by atoms with Gasteiger partial charge in [0.1, 0.15) is 0 Å². The average molecular weight is 269 g/mol. The minimum atomic E-state index is 0.759. The van der Waals surface area contributed by atoms with Gasteiger partial charge in [-0.1, -0.05) is 32.0 Å². The van der Waals surface area contributed by atoms with Gasteiger partial charge in [0.05, 0.1) is 12.2 Å². The summed E-state index contributed by atoms with van der Waals surface area (Å²) in [4.78, 5) is 6.73. The number of aromatic nitrogens is 1. The smallest absolute Gasteiger partial charge is 0.0594 e. The number of benzene rings is 1. The maximum atomic E-state index is 4.32. The van der Waals surface area contributed by atoms with Gasteiger partial charge in [0.25, 0.3) is 0 Å². The van der Waals surface area contributed by atoms with Crippen molar-refractivity contribution in [2.45, 2.75) is 26.9 Å². The Labute approximate surface area is 121 Å². The molecule has 0 aliphatic heterocycles. The number of rotatable bonds is 7. The summed E-state index contributed by atoms with van der Waals surface area (Å²) >= 11 is 0. The Kier molecular flexibility index (Phi) is 5.56. The van der Waals surface area contributed by atoms with Crippen LogP contribution in [0.4, 0.5) is 5.69 Å². The summed E-state index contributed by atoms with van der Waals surface area (Å²) in [5.74, 6) is 0. The van der Waals surface area contributed by atoms with Crippen molar-refractivity contribution in [2.75, 3.05) is 18.4 Å². The van der Waals surface area contributed by atoms with Crippen LogP contribution in [0.2, 0.25) is 0 Å². The van der Waals surface area contributed by atoms with E-state index in [0.717, 1.165) is 37.6 Å². The summed E-state index contributed by atoms with van der Waals surface area (Å²) in [7, 11) is 0. The Hall–Kier alpha value is -1.87. The molecule has 0 saturated heterocycles. The third-order valence-electron chi connectivity index (χ3n) is 3.43. The highest BCUT2D eigenvalue weighted by Gasteiger charge is 2.02. The molecule has 3 nitrogen and oxygen atoms in total. The maximum absolute atomic E-state index is 4.32. The van der Waals surface area contributed by atoms with Crippen molar-refractivity contribution in [2.24, 2.45) is 0 Å². The summed E-state index contributed by atoms with van der Waals surface area (Å²) in [6, 6.07) is 14.6. The standard InChI is InChI=1S/C17H23N3/c1-3-20(4-2)14-15-8-7-10-16(12-15)19-13-17-9-5-6-11-18-17/h5-12,19H,3-4,13-14H2,1-2H3. The highest BCUT2D eigenvalue weighted by Crippen LogP contribution is 2.13. The van der Waals surface area contributed by atoms with Crippen LogP contribution < -0.4 is 5.32 Å². The van der Waals surface area contributed by atoms with Gasteiger partial charge in [-0.05, 0) is 42.9 Å². The molecule has 1 heterocycles. The minimum absolute atomic E-state index is 0.759. The molecule has 0 spiro atoms. The highest BCUT2D eigenvalue weighted by atomic mass is 15.1. The summed E-state index contributed by atoms with van der Waals surface area (Å²) in [6.07, 6.45) is 1.83. The molecular formula is C17H23N3. The summed E-state index contributed by atoms with van der Waals surface area (Å²) in [6.45, 7) is 8.34. The van der Waals surface area contributed by atoms with Crippen molar-refractivity contribution < 1.29 is 0 Å². The fourth-order valence-corrected chi connectivity index (χ4v) is 2.18. The number of hydrogen-bond acceptors (Lipinski definition) is 3. The zero-order valence-corrected chi connectivity index (χ0v) is 12.3. The first-order valence-electron chi connectivity index (χ1n) is 7.27. The first kappa shape index (κ1) is 14.5. The molecule has 0 bridgehead atoms. The van der Waals surface area contributed by atoms with E-state index in [9.17, 15) is 0 Å². The SMILES string of the molecule is CCN(CC)Cc1cccc(NCc2ccccn2)c1. The molecule has 3 heteroatoms. The summed E-state index contributed by atoms with van der Waals surface area (Å²) in [5.41, 5.74) is 3.56. The highest BCUT2D eigenvalue weighted by molar-refractivity contribution is 5.45. The molecule has 0 unspecified atom stereocenters. The Morgan fingerprint density at radius 1 is 1.05 bits per heavy atom. The molecule has 0 atom stereocenters. The van der Waals surface area contributed by atoms with E-state index >= 15 is 0 Å². The van der Waals surface area contributed by atoms with Gasteiger partial charge in [0, 0.05) is 18.4 Å². The molecule has 0 saturated carbocycles. The van der Waals surface area contributed by atoms with Gasteiger partial charge < -0.3 is 5.32 Å². The predicted octanol–water partition coefficient (Wildman–Crippen LogP) is 3.54. The van der Waals surface area contributed by atoms with E-state index in [1.54, 1.807) is 0 Å². The van der Waals surface area contributed by atoms with Gasteiger partial charge in [-0.3, -0.25) is 9.88 Å². The van der Waals surface area contributed by atoms with E-state index in [1.807, 2.05) is 24.4 Å². The molecule has 0 aliphatic rings. The quantitative estimate of drug-likeness (QED) is 0.833. The van der Waals surface area contributed by atoms with Crippen LogP contribution in [0, 0.1) is 0 Å². The molecule has 2 rings (SSSR count). The number of anilines is 1. The lowest BCUT2D eigenvalue weighted by molar-refractivity contribution is 0.296. The van der Waals surface area contributed by atoms with Crippen molar-refractivity contribution in [1.29, 1.82) is 0 Å². The largest absolute Gasteiger partial charge is 0.379 e. The molecule has 1 aromatic carbocycles. The molecule has 2 aromatic rings. The van der Waals surface area contributed by atoms with Crippen molar-refractivity contribution in [3.63, 3.8) is 0 Å². The lowest BCUT2D eigenvalue weighted by Crippen LogP contribution is -2.22. The number of pyridine rings is 1. The van der Waals surface area contributed by atoms with Crippen LogP contribution in [0.1, 0.15) is 25.1 Å². The Balaban J connectivity index is 1.95. The van der Waals surface area contributed by atoms with E-state index in [4.69, 9.17) is 0 Å². The second-order valence-corrected chi connectivity index (χ2v) is 4.84. The van der Waals surface area contributed by atoms with Gasteiger partial charge in [-0.15, -0.1) is 0 Å². The van der Waals surface area contributed by atoms with Crippen LogP contribution in [-0.4, -0.2) is 23.0 Å². The Bertz CT molecular complexity index is 507. The van der Waals surface area contributed by atoms with Crippen molar-refractivity contribution in [3.05, 3.63) is 59.9 Å². The lowest BCUT2D eigenvalue weighted by atomic mass is 10.2. The van der Waals surface area contributed by atoms with Crippen molar-refractivity contribution in [1.82, 2.24) is 9.88 Å². The molecule has 0 radical (unpaired) electrons. The Morgan fingerprint density at radius 2 is 1.90 bits per heavy atom. The van der Waals surface area contributed by atoms with E-state index in [0.29, 0.717) is 0 Å². The molecular weight excluding hydrogens is 246 g/mol. The van der Waals surface area contributed by atoms with Crippen molar-refractivity contribution >= 4 is 5.69 Å². The Morgan fingerprint density at radius 3 is 2.60 bits per heavy atom. The third kappa shape index (κ3) is 4.35. The average Bonchev–Trinajstić information content (AvgIpc) is 2.52. The maximum Gasteiger partial charge on any atom is 0.0594 e. The van der Waals surface area contributed by atoms with Crippen molar-refractivity contribution in [3.8, 4) is 0 Å². The van der Waals surface area contributed by atoms with E-state index < -0.39 is 0 Å². The number of nitrogens with one attached hydrogen (secondary N) is 1. The van der Waals surface area contributed by atoms with Crippen LogP contribution in [0.25, 0.3) is 0 Å². The molecule has 1 aromatic heterocycles. The van der Waals surface area contributed by atoms with Gasteiger partial charge in [-0.25, -0.2) is 0 Å². The summed E-state index contributed by atoms with van der Waals surface area (Å²) < 4.78 is 0. The fourth-order valence-electron chi connectivity index (χ4n) is 2.18. The second kappa shape index (κ2) is 7.65.